The summed E-state index contributed by atoms with van der Waals surface area (Å²) in [5, 5.41) is 18.5. The van der Waals surface area contributed by atoms with Crippen molar-refractivity contribution >= 4 is 22.0 Å². The number of aliphatic hydroxyl groups excluding tert-OH is 1. The Labute approximate surface area is 149 Å². The molecule has 0 fully saturated rings. The molecule has 0 radical (unpaired) electrons. The fourth-order valence-corrected chi connectivity index (χ4v) is 3.79. The molecule has 3 aromatic rings. The van der Waals surface area contributed by atoms with Gasteiger partial charge in [0.2, 0.25) is 0 Å². The van der Waals surface area contributed by atoms with Gasteiger partial charge < -0.3 is 10.0 Å². The van der Waals surface area contributed by atoms with Gasteiger partial charge in [0, 0.05) is 23.2 Å². The molecule has 1 aromatic carbocycles. The number of fused-ring (bicyclic) bond motifs is 1. The fourth-order valence-electron chi connectivity index (χ4n) is 2.79. The minimum Gasteiger partial charge on any atom is -0.390 e. The van der Waals surface area contributed by atoms with Gasteiger partial charge in [0.25, 0.3) is 5.56 Å². The Kier molecular flexibility index (Phi) is 4.83. The highest BCUT2D eigenvalue weighted by Gasteiger charge is 2.14. The molecule has 0 spiro atoms. The summed E-state index contributed by atoms with van der Waals surface area (Å²) in [5.74, 6) is 0. The topological polar surface area (TPSA) is 81.6 Å². The van der Waals surface area contributed by atoms with Gasteiger partial charge in [-0.3, -0.25) is 9.20 Å². The minimum atomic E-state index is -0.186. The van der Waals surface area contributed by atoms with Crippen LogP contribution in [-0.4, -0.2) is 21.0 Å². The SMILES string of the molecule is CCN(Cc1cc(=O)n2c(CO)c(C)sc2n1)c1cccc(C#N)c1. The van der Waals surface area contributed by atoms with E-state index in [1.54, 1.807) is 6.07 Å². The molecule has 7 heteroatoms. The van der Waals surface area contributed by atoms with Crippen LogP contribution in [0.25, 0.3) is 4.96 Å². The highest BCUT2D eigenvalue weighted by molar-refractivity contribution is 7.17. The van der Waals surface area contributed by atoms with Crippen LogP contribution in [0.2, 0.25) is 0 Å². The van der Waals surface area contributed by atoms with Crippen LogP contribution < -0.4 is 10.5 Å². The summed E-state index contributed by atoms with van der Waals surface area (Å²) < 4.78 is 1.47. The molecule has 0 aliphatic heterocycles. The molecule has 25 heavy (non-hydrogen) atoms. The molecule has 0 aliphatic rings. The average molecular weight is 354 g/mol. The maximum absolute atomic E-state index is 12.5. The zero-order valence-corrected chi connectivity index (χ0v) is 14.9. The van der Waals surface area contributed by atoms with Crippen molar-refractivity contribution in [2.24, 2.45) is 0 Å². The average Bonchev–Trinajstić information content (AvgIpc) is 2.95. The van der Waals surface area contributed by atoms with Gasteiger partial charge in [0.15, 0.2) is 4.96 Å². The maximum atomic E-state index is 12.5. The van der Waals surface area contributed by atoms with Crippen LogP contribution in [0.1, 0.15) is 28.8 Å². The number of hydrogen-bond donors (Lipinski definition) is 1. The van der Waals surface area contributed by atoms with Gasteiger partial charge >= 0.3 is 0 Å². The van der Waals surface area contributed by atoms with Crippen LogP contribution in [0.5, 0.6) is 0 Å². The first kappa shape index (κ1) is 17.1. The van der Waals surface area contributed by atoms with Crippen LogP contribution in [0.15, 0.2) is 35.1 Å². The largest absolute Gasteiger partial charge is 0.390 e. The van der Waals surface area contributed by atoms with E-state index in [0.717, 1.165) is 17.1 Å². The van der Waals surface area contributed by atoms with Crippen molar-refractivity contribution in [3.05, 3.63) is 62.5 Å². The van der Waals surface area contributed by atoms with Gasteiger partial charge in [-0.1, -0.05) is 6.07 Å². The molecule has 3 rings (SSSR count). The standard InChI is InChI=1S/C18H18N4O2S/c1-3-21(15-6-4-5-13(7-15)9-19)10-14-8-17(24)22-16(11-23)12(2)25-18(22)20-14/h4-8,23H,3,10-11H2,1-2H3. The third kappa shape index (κ3) is 3.27. The summed E-state index contributed by atoms with van der Waals surface area (Å²) in [7, 11) is 0. The van der Waals surface area contributed by atoms with E-state index in [-0.39, 0.29) is 12.2 Å². The van der Waals surface area contributed by atoms with Crippen LogP contribution >= 0.6 is 11.3 Å². The van der Waals surface area contributed by atoms with Crippen molar-refractivity contribution in [2.75, 3.05) is 11.4 Å². The molecule has 0 saturated heterocycles. The van der Waals surface area contributed by atoms with Crippen molar-refractivity contribution in [1.82, 2.24) is 9.38 Å². The van der Waals surface area contributed by atoms with E-state index in [1.807, 2.05) is 32.0 Å². The summed E-state index contributed by atoms with van der Waals surface area (Å²) in [6.45, 7) is 4.90. The van der Waals surface area contributed by atoms with Gasteiger partial charge in [0.05, 0.1) is 36.2 Å². The zero-order chi connectivity index (χ0) is 18.0. The smallest absolute Gasteiger partial charge is 0.259 e. The fraction of sp³-hybridized carbons (Fsp3) is 0.278. The van der Waals surface area contributed by atoms with E-state index >= 15 is 0 Å². The molecule has 0 amide bonds. The Morgan fingerprint density at radius 3 is 2.88 bits per heavy atom. The Hall–Kier alpha value is -2.69. The maximum Gasteiger partial charge on any atom is 0.259 e. The number of aliphatic hydroxyl groups is 1. The second kappa shape index (κ2) is 7.05. The van der Waals surface area contributed by atoms with Crippen molar-refractivity contribution < 1.29 is 5.11 Å². The molecule has 0 saturated carbocycles. The van der Waals surface area contributed by atoms with Gasteiger partial charge in [-0.05, 0) is 32.0 Å². The van der Waals surface area contributed by atoms with Crippen LogP contribution in [-0.2, 0) is 13.2 Å². The van der Waals surface area contributed by atoms with Gasteiger partial charge in [-0.15, -0.1) is 11.3 Å². The quantitative estimate of drug-likeness (QED) is 0.761. The molecule has 1 N–H and O–H groups in total. The summed E-state index contributed by atoms with van der Waals surface area (Å²) in [6, 6.07) is 11.0. The van der Waals surface area contributed by atoms with Crippen LogP contribution in [0.4, 0.5) is 5.69 Å². The first-order valence-electron chi connectivity index (χ1n) is 7.94. The number of hydrogen-bond acceptors (Lipinski definition) is 6. The number of anilines is 1. The Morgan fingerprint density at radius 2 is 2.20 bits per heavy atom. The monoisotopic (exact) mass is 354 g/mol. The van der Waals surface area contributed by atoms with Crippen molar-refractivity contribution in [3.8, 4) is 6.07 Å². The summed E-state index contributed by atoms with van der Waals surface area (Å²) in [6.07, 6.45) is 0. The first-order valence-corrected chi connectivity index (χ1v) is 8.76. The van der Waals surface area contributed by atoms with Crippen LogP contribution in [0, 0.1) is 18.3 Å². The third-order valence-corrected chi connectivity index (χ3v) is 5.08. The molecule has 0 aliphatic carbocycles. The highest BCUT2D eigenvalue weighted by Crippen LogP contribution is 2.21. The lowest BCUT2D eigenvalue weighted by Crippen LogP contribution is -2.25. The lowest BCUT2D eigenvalue weighted by molar-refractivity contribution is 0.275. The minimum absolute atomic E-state index is 0.185. The van der Waals surface area contributed by atoms with Crippen LogP contribution in [0.3, 0.4) is 0 Å². The van der Waals surface area contributed by atoms with E-state index in [0.29, 0.717) is 28.5 Å². The van der Waals surface area contributed by atoms with Crippen molar-refractivity contribution in [1.29, 1.82) is 5.26 Å². The van der Waals surface area contributed by atoms with Crippen molar-refractivity contribution in [2.45, 2.75) is 27.0 Å². The molecule has 6 nitrogen and oxygen atoms in total. The Bertz CT molecular complexity index is 1020. The number of rotatable bonds is 5. The molecule has 0 atom stereocenters. The number of nitriles is 1. The number of thiazole rings is 1. The van der Waals surface area contributed by atoms with E-state index in [9.17, 15) is 9.90 Å². The number of nitrogens with zero attached hydrogens (tertiary/aromatic N) is 4. The normalized spacial score (nSPS) is 10.8. The highest BCUT2D eigenvalue weighted by atomic mass is 32.1. The molecule has 2 heterocycles. The van der Waals surface area contributed by atoms with E-state index in [1.165, 1.54) is 21.8 Å². The Balaban J connectivity index is 1.99. The van der Waals surface area contributed by atoms with Gasteiger partial charge in [0.1, 0.15) is 0 Å². The van der Waals surface area contributed by atoms with E-state index in [2.05, 4.69) is 16.0 Å². The molecular weight excluding hydrogens is 336 g/mol. The molecular formula is C18H18N4O2S. The number of aryl methyl sites for hydroxylation is 1. The number of aromatic nitrogens is 2. The predicted octanol–water partition coefficient (Wildman–Crippen LogP) is 2.45. The van der Waals surface area contributed by atoms with Gasteiger partial charge in [-0.25, -0.2) is 4.98 Å². The van der Waals surface area contributed by atoms with Gasteiger partial charge in [-0.2, -0.15) is 5.26 Å². The summed E-state index contributed by atoms with van der Waals surface area (Å²) in [4.78, 5) is 20.6. The van der Waals surface area contributed by atoms with Crippen molar-refractivity contribution in [3.63, 3.8) is 0 Å². The molecule has 2 aromatic heterocycles. The first-order chi connectivity index (χ1) is 12.1. The molecule has 0 bridgehead atoms. The summed E-state index contributed by atoms with van der Waals surface area (Å²) in [5.41, 5.74) is 2.59. The van der Waals surface area contributed by atoms with E-state index < -0.39 is 0 Å². The second-order valence-electron chi connectivity index (χ2n) is 5.64. The lowest BCUT2D eigenvalue weighted by atomic mass is 10.2. The third-order valence-electron chi connectivity index (χ3n) is 4.09. The predicted molar refractivity (Wildman–Crippen MR) is 97.9 cm³/mol. The summed E-state index contributed by atoms with van der Waals surface area (Å²) >= 11 is 1.40. The lowest BCUT2D eigenvalue weighted by Gasteiger charge is -2.22. The van der Waals surface area contributed by atoms with E-state index in [4.69, 9.17) is 5.26 Å². The number of benzene rings is 1. The molecule has 128 valence electrons. The second-order valence-corrected chi connectivity index (χ2v) is 6.82. The zero-order valence-electron chi connectivity index (χ0n) is 14.1. The molecule has 0 unspecified atom stereocenters. The Morgan fingerprint density at radius 1 is 1.40 bits per heavy atom.